The van der Waals surface area contributed by atoms with Crippen molar-refractivity contribution in [3.8, 4) is 0 Å². The summed E-state index contributed by atoms with van der Waals surface area (Å²) in [6.45, 7) is 1.38. The molecule has 1 saturated heterocycles. The molecule has 2 heterocycles. The van der Waals surface area contributed by atoms with Gasteiger partial charge in [0.15, 0.2) is 0 Å². The van der Waals surface area contributed by atoms with Crippen LogP contribution in [0.4, 0.5) is 0 Å². The molecule has 1 N–H and O–H groups in total. The van der Waals surface area contributed by atoms with Crippen LogP contribution in [0.25, 0.3) is 10.2 Å². The molecular weight excluding hydrogens is 403 g/mol. The van der Waals surface area contributed by atoms with Crippen LogP contribution in [0.1, 0.15) is 29.5 Å². The maximum atomic E-state index is 11.3. The molecule has 2 aromatic carbocycles. The van der Waals surface area contributed by atoms with Crippen LogP contribution in [0.15, 0.2) is 42.5 Å². The van der Waals surface area contributed by atoms with E-state index in [2.05, 4.69) is 11.0 Å². The molecule has 27 heavy (non-hydrogen) atoms. The Hall–Kier alpha value is -1.66. The Morgan fingerprint density at radius 1 is 1.19 bits per heavy atom. The van der Waals surface area contributed by atoms with Crippen molar-refractivity contribution in [2.24, 2.45) is 5.92 Å². The van der Waals surface area contributed by atoms with Gasteiger partial charge in [-0.25, -0.2) is 4.98 Å². The second kappa shape index (κ2) is 7.76. The van der Waals surface area contributed by atoms with Crippen molar-refractivity contribution in [3.05, 3.63) is 63.1 Å². The number of aliphatic carboxylic acids is 1. The Balaban J connectivity index is 1.74. The fourth-order valence-corrected chi connectivity index (χ4v) is 5.25. The molecule has 0 bridgehead atoms. The molecular formula is C20H18Cl2N2O2S. The summed E-state index contributed by atoms with van der Waals surface area (Å²) in [5, 5.41) is 11.5. The third kappa shape index (κ3) is 3.83. The first-order valence-corrected chi connectivity index (χ1v) is 10.4. The molecule has 0 saturated carbocycles. The van der Waals surface area contributed by atoms with Crippen LogP contribution in [0.5, 0.6) is 0 Å². The molecule has 140 valence electrons. The number of carboxylic acid groups (broad SMARTS) is 1. The van der Waals surface area contributed by atoms with Crippen LogP contribution >= 0.6 is 34.5 Å². The molecule has 1 aliphatic heterocycles. The van der Waals surface area contributed by atoms with Crippen LogP contribution in [-0.4, -0.2) is 34.0 Å². The minimum absolute atomic E-state index is 0.109. The Morgan fingerprint density at radius 3 is 2.59 bits per heavy atom. The van der Waals surface area contributed by atoms with Gasteiger partial charge in [-0.1, -0.05) is 41.4 Å². The van der Waals surface area contributed by atoms with Gasteiger partial charge < -0.3 is 5.11 Å². The largest absolute Gasteiger partial charge is 0.481 e. The lowest BCUT2D eigenvalue weighted by atomic mass is 9.94. The van der Waals surface area contributed by atoms with Crippen molar-refractivity contribution in [2.45, 2.75) is 18.9 Å². The lowest BCUT2D eigenvalue weighted by Gasteiger charge is -2.36. The molecule has 0 spiro atoms. The molecule has 1 unspecified atom stereocenters. The van der Waals surface area contributed by atoms with Crippen LogP contribution in [0.3, 0.4) is 0 Å². The van der Waals surface area contributed by atoms with E-state index in [0.29, 0.717) is 36.0 Å². The fourth-order valence-electron chi connectivity index (χ4n) is 3.62. The first kappa shape index (κ1) is 18.7. The van der Waals surface area contributed by atoms with Crippen molar-refractivity contribution in [1.29, 1.82) is 0 Å². The van der Waals surface area contributed by atoms with Gasteiger partial charge in [-0.05, 0) is 55.8 Å². The SMILES string of the molecule is O=C(O)C1CCN(C(c2nc3ccccc3s2)c2ccc(Cl)cc2Cl)CC1. The molecule has 3 aromatic rings. The van der Waals surface area contributed by atoms with E-state index in [0.717, 1.165) is 20.8 Å². The highest BCUT2D eigenvalue weighted by molar-refractivity contribution is 7.18. The minimum Gasteiger partial charge on any atom is -0.481 e. The van der Waals surface area contributed by atoms with E-state index in [1.54, 1.807) is 17.4 Å². The summed E-state index contributed by atoms with van der Waals surface area (Å²) < 4.78 is 1.13. The smallest absolute Gasteiger partial charge is 0.306 e. The zero-order valence-corrected chi connectivity index (χ0v) is 16.8. The van der Waals surface area contributed by atoms with E-state index in [1.165, 1.54) is 0 Å². The summed E-state index contributed by atoms with van der Waals surface area (Å²) >= 11 is 14.3. The Labute approximate surface area is 171 Å². The Bertz CT molecular complexity index is 950. The van der Waals surface area contributed by atoms with Crippen molar-refractivity contribution < 1.29 is 9.90 Å². The molecule has 1 atom stereocenters. The number of hydrogen-bond donors (Lipinski definition) is 1. The number of piperidine rings is 1. The predicted molar refractivity (Wildman–Crippen MR) is 110 cm³/mol. The van der Waals surface area contributed by atoms with E-state index in [4.69, 9.17) is 28.2 Å². The number of carboxylic acids is 1. The van der Waals surface area contributed by atoms with Crippen molar-refractivity contribution >= 4 is 50.7 Å². The summed E-state index contributed by atoms with van der Waals surface area (Å²) in [7, 11) is 0. The van der Waals surface area contributed by atoms with Crippen molar-refractivity contribution in [2.75, 3.05) is 13.1 Å². The number of likely N-dealkylation sites (tertiary alicyclic amines) is 1. The number of hydrogen-bond acceptors (Lipinski definition) is 4. The van der Waals surface area contributed by atoms with Gasteiger partial charge in [-0.15, -0.1) is 11.3 Å². The molecule has 4 rings (SSSR count). The molecule has 1 aromatic heterocycles. The number of halogens is 2. The van der Waals surface area contributed by atoms with Gasteiger partial charge in [-0.3, -0.25) is 9.69 Å². The van der Waals surface area contributed by atoms with Crippen LogP contribution < -0.4 is 0 Å². The second-order valence-electron chi connectivity index (χ2n) is 6.74. The molecule has 0 amide bonds. The van der Waals surface area contributed by atoms with Crippen molar-refractivity contribution in [3.63, 3.8) is 0 Å². The average Bonchev–Trinajstić information content (AvgIpc) is 3.08. The number of benzene rings is 2. The third-order valence-electron chi connectivity index (χ3n) is 5.05. The van der Waals surface area contributed by atoms with Gasteiger partial charge in [0.05, 0.1) is 22.2 Å². The minimum atomic E-state index is -0.712. The first-order valence-electron chi connectivity index (χ1n) is 8.80. The fraction of sp³-hybridized carbons (Fsp3) is 0.300. The summed E-state index contributed by atoms with van der Waals surface area (Å²) in [6, 6.07) is 13.5. The van der Waals surface area contributed by atoms with E-state index >= 15 is 0 Å². The zero-order chi connectivity index (χ0) is 19.0. The van der Waals surface area contributed by atoms with Gasteiger partial charge in [0.1, 0.15) is 5.01 Å². The highest BCUT2D eigenvalue weighted by atomic mass is 35.5. The molecule has 4 nitrogen and oxygen atoms in total. The van der Waals surface area contributed by atoms with Gasteiger partial charge >= 0.3 is 5.97 Å². The lowest BCUT2D eigenvalue weighted by molar-refractivity contribution is -0.143. The van der Waals surface area contributed by atoms with E-state index < -0.39 is 5.97 Å². The van der Waals surface area contributed by atoms with Gasteiger partial charge in [0.25, 0.3) is 0 Å². The maximum Gasteiger partial charge on any atom is 0.306 e. The maximum absolute atomic E-state index is 11.3. The topological polar surface area (TPSA) is 53.4 Å². The van der Waals surface area contributed by atoms with E-state index in [1.807, 2.05) is 30.3 Å². The molecule has 1 aliphatic rings. The first-order chi connectivity index (χ1) is 13.0. The number of para-hydroxylation sites is 1. The summed E-state index contributed by atoms with van der Waals surface area (Å²) in [5.74, 6) is -0.992. The van der Waals surface area contributed by atoms with Crippen LogP contribution in [-0.2, 0) is 4.79 Å². The Morgan fingerprint density at radius 2 is 1.93 bits per heavy atom. The summed E-state index contributed by atoms with van der Waals surface area (Å²) in [4.78, 5) is 18.5. The highest BCUT2D eigenvalue weighted by Crippen LogP contribution is 2.39. The second-order valence-corrected chi connectivity index (χ2v) is 8.64. The van der Waals surface area contributed by atoms with E-state index in [9.17, 15) is 9.90 Å². The van der Waals surface area contributed by atoms with Crippen molar-refractivity contribution in [1.82, 2.24) is 9.88 Å². The number of nitrogens with zero attached hydrogens (tertiary/aromatic N) is 2. The quantitative estimate of drug-likeness (QED) is 0.605. The molecule has 0 aliphatic carbocycles. The van der Waals surface area contributed by atoms with Crippen LogP contribution in [0.2, 0.25) is 10.0 Å². The zero-order valence-electron chi connectivity index (χ0n) is 14.4. The lowest BCUT2D eigenvalue weighted by Crippen LogP contribution is -2.39. The summed E-state index contributed by atoms with van der Waals surface area (Å²) in [6.07, 6.45) is 1.25. The predicted octanol–water partition coefficient (Wildman–Crippen LogP) is 5.49. The average molecular weight is 421 g/mol. The van der Waals surface area contributed by atoms with Gasteiger partial charge in [0, 0.05) is 10.0 Å². The number of carbonyl (C=O) groups is 1. The number of aromatic nitrogens is 1. The van der Waals surface area contributed by atoms with Gasteiger partial charge in [0.2, 0.25) is 0 Å². The normalized spacial score (nSPS) is 17.3. The standard InChI is InChI=1S/C20H18Cl2N2O2S/c21-13-5-6-14(15(22)11-13)18(24-9-7-12(8-10-24)20(25)26)19-23-16-3-1-2-4-17(16)27-19/h1-6,11-12,18H,7-10H2,(H,25,26). The Kier molecular flexibility index (Phi) is 5.37. The monoisotopic (exact) mass is 420 g/mol. The molecule has 1 fully saturated rings. The number of fused-ring (bicyclic) bond motifs is 1. The van der Waals surface area contributed by atoms with Crippen LogP contribution in [0, 0.1) is 5.92 Å². The number of rotatable bonds is 4. The van der Waals surface area contributed by atoms with E-state index in [-0.39, 0.29) is 12.0 Å². The number of thiazole rings is 1. The molecule has 0 radical (unpaired) electrons. The van der Waals surface area contributed by atoms with Gasteiger partial charge in [-0.2, -0.15) is 0 Å². The third-order valence-corrected chi connectivity index (χ3v) is 6.70. The summed E-state index contributed by atoms with van der Waals surface area (Å²) in [5.41, 5.74) is 1.92. The molecule has 7 heteroatoms. The highest BCUT2D eigenvalue weighted by Gasteiger charge is 2.32.